The van der Waals surface area contributed by atoms with E-state index in [4.69, 9.17) is 0 Å². The zero-order chi connectivity index (χ0) is 36.2. The van der Waals surface area contributed by atoms with Crippen LogP contribution in [0, 0.1) is 5.92 Å². The molecule has 1 atom stereocenters. The Morgan fingerprint density at radius 1 is 0.685 bits per heavy atom. The zero-order valence-corrected chi connectivity index (χ0v) is 31.0. The third-order valence-electron chi connectivity index (χ3n) is 12.2. The van der Waals surface area contributed by atoms with Gasteiger partial charge in [0.05, 0.1) is 16.3 Å². The Labute approximate surface area is 318 Å². The number of hydrogen-bond acceptors (Lipinski definition) is 1. The lowest BCUT2D eigenvalue weighted by molar-refractivity contribution is 0.701. The van der Waals surface area contributed by atoms with E-state index in [1.807, 2.05) is 0 Å². The van der Waals surface area contributed by atoms with Gasteiger partial charge in [0.2, 0.25) is 0 Å². The van der Waals surface area contributed by atoms with E-state index in [1.54, 1.807) is 0 Å². The van der Waals surface area contributed by atoms with Crippen molar-refractivity contribution in [2.24, 2.45) is 5.92 Å². The summed E-state index contributed by atoms with van der Waals surface area (Å²) in [5, 5.41) is 4.03. The summed E-state index contributed by atoms with van der Waals surface area (Å²) in [5.74, 6) is 0.455. The molecule has 1 heterocycles. The quantitative estimate of drug-likeness (QED) is 0.161. The van der Waals surface area contributed by atoms with Gasteiger partial charge in [-0.15, -0.1) is 0 Å². The lowest BCUT2D eigenvalue weighted by atomic mass is 9.70. The molecule has 7 aromatic rings. The maximum atomic E-state index is 2.52. The van der Waals surface area contributed by atoms with Gasteiger partial charge in [0.25, 0.3) is 0 Å². The predicted octanol–water partition coefficient (Wildman–Crippen LogP) is 10.6. The van der Waals surface area contributed by atoms with E-state index < -0.39 is 0 Å². The Kier molecular flexibility index (Phi) is 7.87. The average molecular weight is 697 g/mol. The van der Waals surface area contributed by atoms with Crippen LogP contribution in [0.1, 0.15) is 47.6 Å². The largest absolute Gasteiger partial charge is 0.374 e. The summed E-state index contributed by atoms with van der Waals surface area (Å²) in [5.41, 5.74) is 15.9. The molecule has 0 bridgehead atoms. The van der Waals surface area contributed by atoms with Crippen LogP contribution < -0.4 is 15.5 Å². The highest BCUT2D eigenvalue weighted by atomic mass is 15.1. The highest BCUT2D eigenvalue weighted by Gasteiger charge is 2.52. The van der Waals surface area contributed by atoms with Crippen LogP contribution in [-0.4, -0.2) is 18.2 Å². The third-order valence-corrected chi connectivity index (χ3v) is 12.2. The van der Waals surface area contributed by atoms with Gasteiger partial charge >= 0.3 is 0 Å². The number of fused-ring (bicyclic) bond motifs is 10. The normalized spacial score (nSPS) is 17.6. The standard InChI is InChI=1S/C52H44N2/c1-3-46-40(41-18-7-11-23-47(41)52(46)48-24-12-8-19-42(48)43-20-9-13-25-49(43)52)22-15-33-53(2)38-30-27-36(28-31-38)34-37-29-32-45-44-21-10-14-26-50(44)54(51(45)35-37)39-16-5-4-6-17-39/h3-14,16-28,30-32,35,37H,15,29,33-34H2,1-2H3/b40-22-,46-3?. The number of anilines is 1. The fourth-order valence-electron chi connectivity index (χ4n) is 9.89. The molecule has 3 aliphatic rings. The first-order chi connectivity index (χ1) is 26.7. The van der Waals surface area contributed by atoms with Gasteiger partial charge in [-0.3, -0.25) is 0 Å². The maximum absolute atomic E-state index is 2.52. The van der Waals surface area contributed by atoms with E-state index in [9.17, 15) is 0 Å². The Morgan fingerprint density at radius 3 is 2.00 bits per heavy atom. The van der Waals surface area contributed by atoms with Gasteiger partial charge in [0.1, 0.15) is 0 Å². The molecular formula is C52H44N2. The minimum absolute atomic E-state index is 0.278. The van der Waals surface area contributed by atoms with Crippen molar-refractivity contribution >= 4 is 34.3 Å². The van der Waals surface area contributed by atoms with Crippen LogP contribution in [0.4, 0.5) is 5.69 Å². The Hall–Kier alpha value is -6.12. The van der Waals surface area contributed by atoms with Crippen molar-refractivity contribution in [2.45, 2.75) is 31.6 Å². The van der Waals surface area contributed by atoms with E-state index in [0.29, 0.717) is 5.92 Å². The van der Waals surface area contributed by atoms with Crippen LogP contribution in [0.15, 0.2) is 169 Å². The number of hydrogen-bond donors (Lipinski definition) is 0. The third kappa shape index (κ3) is 4.93. The summed E-state index contributed by atoms with van der Waals surface area (Å²) in [6.07, 6.45) is 12.9. The molecular weight excluding hydrogens is 653 g/mol. The fourth-order valence-corrected chi connectivity index (χ4v) is 9.89. The molecule has 3 aliphatic carbocycles. The lowest BCUT2D eigenvalue weighted by Crippen LogP contribution is -2.32. The topological polar surface area (TPSA) is 8.17 Å². The highest BCUT2D eigenvalue weighted by molar-refractivity contribution is 5.99. The predicted molar refractivity (Wildman–Crippen MR) is 228 cm³/mol. The van der Waals surface area contributed by atoms with Gasteiger partial charge in [0.15, 0.2) is 0 Å². The van der Waals surface area contributed by atoms with Crippen LogP contribution >= 0.6 is 0 Å². The minimum atomic E-state index is -0.278. The highest BCUT2D eigenvalue weighted by Crippen LogP contribution is 2.63. The van der Waals surface area contributed by atoms with Gasteiger partial charge in [-0.2, -0.15) is 0 Å². The molecule has 0 fully saturated rings. The monoisotopic (exact) mass is 696 g/mol. The SMILES string of the molecule is CC=C1/C(=C\CCN(C)c2ccc(CC3C=c4c(c5ccccc5n4-c4ccccc4)=CC3)cc2)c2ccccc2C12c1ccccc1-c1ccccc12. The van der Waals surface area contributed by atoms with Crippen molar-refractivity contribution in [1.82, 2.24) is 4.57 Å². The Bertz CT molecular complexity index is 2700. The molecule has 0 radical (unpaired) electrons. The van der Waals surface area contributed by atoms with Gasteiger partial charge in [-0.1, -0.05) is 146 Å². The smallest absolute Gasteiger partial charge is 0.0722 e. The molecule has 6 aromatic carbocycles. The first kappa shape index (κ1) is 32.5. The summed E-state index contributed by atoms with van der Waals surface area (Å²) in [6.45, 7) is 3.17. The van der Waals surface area contributed by atoms with Gasteiger partial charge in [0, 0.05) is 35.6 Å². The molecule has 10 rings (SSSR count). The van der Waals surface area contributed by atoms with Crippen molar-refractivity contribution < 1.29 is 0 Å². The van der Waals surface area contributed by atoms with E-state index in [0.717, 1.165) is 25.8 Å². The molecule has 1 unspecified atom stereocenters. The van der Waals surface area contributed by atoms with Crippen molar-refractivity contribution in [2.75, 3.05) is 18.5 Å². The number of rotatable bonds is 7. The summed E-state index contributed by atoms with van der Waals surface area (Å²) < 4.78 is 2.44. The summed E-state index contributed by atoms with van der Waals surface area (Å²) >= 11 is 0. The van der Waals surface area contributed by atoms with Crippen molar-refractivity contribution in [1.29, 1.82) is 0 Å². The minimum Gasteiger partial charge on any atom is -0.374 e. The first-order valence-electron chi connectivity index (χ1n) is 19.5. The lowest BCUT2D eigenvalue weighted by Gasteiger charge is -2.30. The van der Waals surface area contributed by atoms with Crippen LogP contribution in [0.2, 0.25) is 0 Å². The molecule has 0 aliphatic heterocycles. The van der Waals surface area contributed by atoms with E-state index in [-0.39, 0.29) is 5.41 Å². The second-order valence-electron chi connectivity index (χ2n) is 15.1. The van der Waals surface area contributed by atoms with E-state index in [2.05, 4.69) is 199 Å². The number of aromatic nitrogens is 1. The number of benzene rings is 6. The summed E-state index contributed by atoms with van der Waals surface area (Å²) in [4.78, 5) is 2.40. The van der Waals surface area contributed by atoms with Crippen LogP contribution in [0.25, 0.3) is 45.4 Å². The molecule has 0 saturated heterocycles. The maximum Gasteiger partial charge on any atom is 0.0722 e. The van der Waals surface area contributed by atoms with Crippen molar-refractivity contribution in [3.05, 3.63) is 208 Å². The molecule has 54 heavy (non-hydrogen) atoms. The van der Waals surface area contributed by atoms with Gasteiger partial charge < -0.3 is 9.47 Å². The molecule has 1 aromatic heterocycles. The van der Waals surface area contributed by atoms with Gasteiger partial charge in [-0.05, 0) is 113 Å². The molecule has 2 heteroatoms. The Morgan fingerprint density at radius 2 is 1.30 bits per heavy atom. The number of nitrogens with zero attached hydrogens (tertiary/aromatic N) is 2. The molecule has 0 amide bonds. The second-order valence-corrected chi connectivity index (χ2v) is 15.1. The van der Waals surface area contributed by atoms with E-state index in [1.165, 1.54) is 82.9 Å². The number of allylic oxidation sites excluding steroid dienone is 3. The summed E-state index contributed by atoms with van der Waals surface area (Å²) in [7, 11) is 2.23. The first-order valence-corrected chi connectivity index (χ1v) is 19.5. The van der Waals surface area contributed by atoms with Crippen LogP contribution in [0.3, 0.4) is 0 Å². The number of para-hydroxylation sites is 2. The second kappa shape index (κ2) is 13.1. The zero-order valence-electron chi connectivity index (χ0n) is 31.0. The fraction of sp³-hybridized carbons (Fsp3) is 0.154. The van der Waals surface area contributed by atoms with Gasteiger partial charge in [-0.25, -0.2) is 0 Å². The van der Waals surface area contributed by atoms with Crippen LogP contribution in [-0.2, 0) is 11.8 Å². The van der Waals surface area contributed by atoms with Crippen LogP contribution in [0.5, 0.6) is 0 Å². The molecule has 2 nitrogen and oxygen atoms in total. The Balaban J connectivity index is 0.890. The molecule has 0 saturated carbocycles. The molecule has 0 N–H and O–H groups in total. The average Bonchev–Trinajstić information content (AvgIpc) is 3.82. The van der Waals surface area contributed by atoms with Crippen molar-refractivity contribution in [3.8, 4) is 16.8 Å². The summed E-state index contributed by atoms with van der Waals surface area (Å²) in [6, 6.07) is 56.1. The van der Waals surface area contributed by atoms with Crippen molar-refractivity contribution in [3.63, 3.8) is 0 Å². The van der Waals surface area contributed by atoms with E-state index >= 15 is 0 Å². The molecule has 1 spiro atoms. The molecule has 262 valence electrons.